The van der Waals surface area contributed by atoms with Gasteiger partial charge in [0.1, 0.15) is 5.70 Å². The van der Waals surface area contributed by atoms with E-state index < -0.39 is 18.0 Å². The number of aromatic nitrogens is 1. The average Bonchev–Trinajstić information content (AvgIpc) is 2.88. The number of hydrogen-bond donors (Lipinski definition) is 1. The van der Waals surface area contributed by atoms with Crippen molar-refractivity contribution in [3.05, 3.63) is 41.4 Å². The summed E-state index contributed by atoms with van der Waals surface area (Å²) in [5, 5.41) is 9.96. The standard InChI is InChI=1S/C19H26N3O4P/c1-11-14(10-21(3)9-7-13-6-4-5-8-20-13)17(19(25)26-27)22-16(11)15(12(2)23)18(22)24/h4-6,8,11-12,15-16,23H,7,9-10,27H2,1-3H3/t11-,12+,15+,16+/m0/s1. The van der Waals surface area contributed by atoms with Crippen molar-refractivity contribution in [1.82, 2.24) is 14.8 Å². The number of hydrogen-bond acceptors (Lipinski definition) is 6. The Kier molecular flexibility index (Phi) is 5.94. The Morgan fingerprint density at radius 3 is 2.81 bits per heavy atom. The maximum Gasteiger partial charge on any atom is 0.357 e. The van der Waals surface area contributed by atoms with Crippen molar-refractivity contribution in [1.29, 1.82) is 0 Å². The van der Waals surface area contributed by atoms with E-state index in [1.54, 1.807) is 13.1 Å². The molecule has 0 aliphatic carbocycles. The average molecular weight is 391 g/mol. The predicted molar refractivity (Wildman–Crippen MR) is 103 cm³/mol. The summed E-state index contributed by atoms with van der Waals surface area (Å²) < 4.78 is 4.86. The summed E-state index contributed by atoms with van der Waals surface area (Å²) >= 11 is 0. The number of carbonyl (C=O) groups excluding carboxylic acids is 2. The first kappa shape index (κ1) is 19.9. The van der Waals surface area contributed by atoms with Crippen LogP contribution in [0.15, 0.2) is 35.7 Å². The summed E-state index contributed by atoms with van der Waals surface area (Å²) in [6.07, 6.45) is 1.83. The molecule has 2 aliphatic heterocycles. The van der Waals surface area contributed by atoms with Crippen molar-refractivity contribution < 1.29 is 19.2 Å². The summed E-state index contributed by atoms with van der Waals surface area (Å²) in [6.45, 7) is 4.95. The fraction of sp³-hybridized carbons (Fsp3) is 0.526. The molecule has 1 saturated heterocycles. The van der Waals surface area contributed by atoms with Gasteiger partial charge in [0.05, 0.1) is 27.5 Å². The number of rotatable bonds is 7. The Morgan fingerprint density at radius 1 is 1.48 bits per heavy atom. The normalized spacial score (nSPS) is 25.5. The summed E-state index contributed by atoms with van der Waals surface area (Å²) in [5.74, 6) is -1.22. The lowest BCUT2D eigenvalue weighted by atomic mass is 9.77. The van der Waals surface area contributed by atoms with E-state index in [4.69, 9.17) is 4.52 Å². The highest BCUT2D eigenvalue weighted by Gasteiger charge is 2.59. The van der Waals surface area contributed by atoms with Gasteiger partial charge in [0.2, 0.25) is 5.91 Å². The molecule has 1 unspecified atom stereocenters. The Morgan fingerprint density at radius 2 is 2.22 bits per heavy atom. The van der Waals surface area contributed by atoms with E-state index in [0.717, 1.165) is 24.2 Å². The molecule has 1 aromatic rings. The molecule has 0 bridgehead atoms. The third-order valence-electron chi connectivity index (χ3n) is 5.53. The van der Waals surface area contributed by atoms with Gasteiger partial charge < -0.3 is 19.4 Å². The quantitative estimate of drug-likeness (QED) is 0.552. The second-order valence-corrected chi connectivity index (χ2v) is 7.58. The van der Waals surface area contributed by atoms with Crippen molar-refractivity contribution in [3.63, 3.8) is 0 Å². The minimum absolute atomic E-state index is 0.0151. The van der Waals surface area contributed by atoms with E-state index in [-0.39, 0.29) is 17.9 Å². The van der Waals surface area contributed by atoms with Crippen LogP contribution in [0.1, 0.15) is 19.5 Å². The highest BCUT2D eigenvalue weighted by Crippen LogP contribution is 2.47. The number of aliphatic hydroxyl groups excluding tert-OH is 1. The summed E-state index contributed by atoms with van der Waals surface area (Å²) in [6, 6.07) is 5.65. The number of aliphatic hydroxyl groups is 1. The molecule has 1 fully saturated rings. The van der Waals surface area contributed by atoms with E-state index in [0.29, 0.717) is 12.2 Å². The molecule has 1 amide bonds. The first-order valence-corrected chi connectivity index (χ1v) is 9.57. The van der Waals surface area contributed by atoms with Crippen LogP contribution < -0.4 is 0 Å². The number of nitrogens with zero attached hydrogens (tertiary/aromatic N) is 3. The van der Waals surface area contributed by atoms with Gasteiger partial charge in [-0.15, -0.1) is 0 Å². The topological polar surface area (TPSA) is 83.0 Å². The van der Waals surface area contributed by atoms with Crippen LogP contribution in [0.3, 0.4) is 0 Å². The molecule has 146 valence electrons. The van der Waals surface area contributed by atoms with Crippen LogP contribution in [0.5, 0.6) is 0 Å². The molecule has 7 nitrogen and oxygen atoms in total. The van der Waals surface area contributed by atoms with Gasteiger partial charge in [-0.1, -0.05) is 13.0 Å². The lowest BCUT2D eigenvalue weighted by molar-refractivity contribution is -0.162. The molecule has 0 aromatic carbocycles. The number of carbonyl (C=O) groups is 2. The zero-order valence-corrected chi connectivity index (χ0v) is 17.0. The molecular formula is C19H26N3O4P. The Labute approximate surface area is 161 Å². The van der Waals surface area contributed by atoms with Gasteiger partial charge in [-0.3, -0.25) is 9.78 Å². The van der Waals surface area contributed by atoms with Gasteiger partial charge >= 0.3 is 5.97 Å². The largest absolute Gasteiger partial charge is 0.447 e. The van der Waals surface area contributed by atoms with Crippen LogP contribution in [0, 0.1) is 11.8 Å². The molecule has 1 aromatic heterocycles. The van der Waals surface area contributed by atoms with Crippen molar-refractivity contribution in [2.24, 2.45) is 11.8 Å². The number of fused-ring (bicyclic) bond motifs is 1. The first-order chi connectivity index (χ1) is 12.9. The van der Waals surface area contributed by atoms with E-state index in [1.807, 2.05) is 41.6 Å². The van der Waals surface area contributed by atoms with Crippen molar-refractivity contribution >= 4 is 21.3 Å². The van der Waals surface area contributed by atoms with Gasteiger partial charge in [0.15, 0.2) is 0 Å². The number of amides is 1. The Bertz CT molecular complexity index is 753. The van der Waals surface area contributed by atoms with Crippen LogP contribution in [0.4, 0.5) is 0 Å². The molecule has 3 heterocycles. The molecular weight excluding hydrogens is 365 g/mol. The molecule has 0 radical (unpaired) electrons. The molecule has 0 saturated carbocycles. The second kappa shape index (κ2) is 8.05. The summed E-state index contributed by atoms with van der Waals surface area (Å²) in [7, 11) is 3.94. The zero-order valence-electron chi connectivity index (χ0n) is 15.8. The van der Waals surface area contributed by atoms with Crippen molar-refractivity contribution in [2.75, 3.05) is 20.1 Å². The van der Waals surface area contributed by atoms with E-state index in [9.17, 15) is 14.7 Å². The molecule has 8 heteroatoms. The maximum atomic E-state index is 12.5. The van der Waals surface area contributed by atoms with E-state index in [2.05, 4.69) is 9.88 Å². The van der Waals surface area contributed by atoms with Crippen LogP contribution in [-0.4, -0.2) is 64.0 Å². The van der Waals surface area contributed by atoms with Crippen molar-refractivity contribution in [2.45, 2.75) is 32.4 Å². The molecule has 2 aliphatic rings. The number of likely N-dealkylation sites (N-methyl/N-ethyl adjacent to an activating group) is 1. The Balaban J connectivity index is 1.76. The fourth-order valence-electron chi connectivity index (χ4n) is 4.12. The van der Waals surface area contributed by atoms with Crippen LogP contribution in [-0.2, 0) is 20.5 Å². The third-order valence-corrected chi connectivity index (χ3v) is 5.75. The minimum atomic E-state index is -0.740. The van der Waals surface area contributed by atoms with Gasteiger partial charge in [-0.25, -0.2) is 4.79 Å². The number of β-lactam (4-membered cyclic amide) rings is 1. The highest BCUT2D eigenvalue weighted by molar-refractivity contribution is 7.10. The summed E-state index contributed by atoms with van der Waals surface area (Å²) in [4.78, 5) is 32.8. The Hall–Kier alpha value is -1.82. The van der Waals surface area contributed by atoms with Crippen LogP contribution in [0.2, 0.25) is 0 Å². The monoisotopic (exact) mass is 391 g/mol. The molecule has 1 N–H and O–H groups in total. The molecule has 27 heavy (non-hydrogen) atoms. The van der Waals surface area contributed by atoms with Crippen LogP contribution >= 0.6 is 9.47 Å². The highest BCUT2D eigenvalue weighted by atomic mass is 31.0. The SMILES string of the molecule is C[C@@H](O)[C@H]1C(=O)N2C(C(=O)OP)=C(CN(C)CCc3ccccn3)[C@H](C)[C@H]12. The van der Waals surface area contributed by atoms with Gasteiger partial charge in [0, 0.05) is 37.3 Å². The number of pyridine rings is 1. The molecule has 3 rings (SSSR count). The van der Waals surface area contributed by atoms with Gasteiger partial charge in [-0.05, 0) is 31.7 Å². The fourth-order valence-corrected chi connectivity index (χ4v) is 4.23. The lowest BCUT2D eigenvalue weighted by Crippen LogP contribution is -2.63. The predicted octanol–water partition coefficient (Wildman–Crippen LogP) is 1.00. The first-order valence-electron chi connectivity index (χ1n) is 9.10. The minimum Gasteiger partial charge on any atom is -0.447 e. The maximum absolute atomic E-state index is 12.5. The molecule has 5 atom stereocenters. The second-order valence-electron chi connectivity index (χ2n) is 7.34. The third kappa shape index (κ3) is 3.64. The van der Waals surface area contributed by atoms with Gasteiger partial charge in [-0.2, -0.15) is 0 Å². The van der Waals surface area contributed by atoms with E-state index >= 15 is 0 Å². The van der Waals surface area contributed by atoms with Crippen LogP contribution in [0.25, 0.3) is 0 Å². The molecule has 0 spiro atoms. The van der Waals surface area contributed by atoms with Crippen molar-refractivity contribution in [3.8, 4) is 0 Å². The zero-order chi connectivity index (χ0) is 19.7. The lowest BCUT2D eigenvalue weighted by Gasteiger charge is -2.46. The summed E-state index contributed by atoms with van der Waals surface area (Å²) in [5.41, 5.74) is 2.22. The van der Waals surface area contributed by atoms with E-state index in [1.165, 1.54) is 4.90 Å². The smallest absolute Gasteiger partial charge is 0.357 e. The van der Waals surface area contributed by atoms with Gasteiger partial charge in [0.25, 0.3) is 0 Å².